The van der Waals surface area contributed by atoms with Gasteiger partial charge in [-0.1, -0.05) is 11.6 Å². The van der Waals surface area contributed by atoms with Crippen LogP contribution in [0, 0.1) is 13.8 Å². The number of thiophene rings is 1. The maximum atomic E-state index is 11.7. The first-order valence-electron chi connectivity index (χ1n) is 4.74. The van der Waals surface area contributed by atoms with Crippen LogP contribution in [-0.2, 0) is 4.79 Å². The summed E-state index contributed by atoms with van der Waals surface area (Å²) in [5, 5.41) is -0.106. The van der Waals surface area contributed by atoms with E-state index >= 15 is 0 Å². The number of aryl methyl sites for hydroxylation is 2. The van der Waals surface area contributed by atoms with Crippen molar-refractivity contribution in [3.8, 4) is 0 Å². The van der Waals surface area contributed by atoms with Gasteiger partial charge >= 0.3 is 0 Å². The maximum Gasteiger partial charge on any atom is 0.293 e. The first-order chi connectivity index (χ1) is 7.50. The minimum absolute atomic E-state index is 0.448. The van der Waals surface area contributed by atoms with E-state index in [1.54, 1.807) is 0 Å². The Morgan fingerprint density at radius 3 is 2.56 bits per heavy atom. The molecule has 0 saturated carbocycles. The average Bonchev–Trinajstić information content (AvgIpc) is 2.52. The van der Waals surface area contributed by atoms with Gasteiger partial charge in [0.1, 0.15) is 0 Å². The summed E-state index contributed by atoms with van der Waals surface area (Å²) in [5.41, 5.74) is 1.50. The van der Waals surface area contributed by atoms with Gasteiger partial charge < -0.3 is 0 Å². The second-order valence-corrected chi connectivity index (χ2v) is 5.24. The predicted molar refractivity (Wildman–Crippen MR) is 66.5 cm³/mol. The Balaban J connectivity index is 2.77. The van der Waals surface area contributed by atoms with Gasteiger partial charge in [-0.25, -0.2) is 0 Å². The fourth-order valence-corrected chi connectivity index (χ4v) is 2.85. The van der Waals surface area contributed by atoms with Gasteiger partial charge in [0.2, 0.25) is 5.78 Å². The molecular weight excluding hydrogens is 244 g/mol. The standard InChI is InChI=1S/C12H9ClO2S/c1-6-3-4-9-8(5-6)10(7(2)16-9)11(14)12(13)15/h3-5H,1-2H3. The molecule has 0 fully saturated rings. The number of carbonyl (C=O) groups is 2. The zero-order valence-corrected chi connectivity index (χ0v) is 10.4. The van der Waals surface area contributed by atoms with Gasteiger partial charge in [0, 0.05) is 20.5 Å². The molecule has 0 aliphatic heterocycles. The Morgan fingerprint density at radius 1 is 1.25 bits per heavy atom. The van der Waals surface area contributed by atoms with Crippen molar-refractivity contribution in [1.29, 1.82) is 0 Å². The van der Waals surface area contributed by atoms with Crippen LogP contribution < -0.4 is 0 Å². The molecule has 1 aromatic heterocycles. The minimum Gasteiger partial charge on any atom is -0.284 e. The lowest BCUT2D eigenvalue weighted by Crippen LogP contribution is -2.07. The van der Waals surface area contributed by atoms with Crippen LogP contribution in [0.3, 0.4) is 0 Å². The molecule has 0 aliphatic rings. The number of rotatable bonds is 2. The third kappa shape index (κ3) is 1.77. The molecular formula is C12H9ClO2S. The Kier molecular flexibility index (Phi) is 2.82. The highest BCUT2D eigenvalue weighted by Crippen LogP contribution is 2.32. The highest BCUT2D eigenvalue weighted by atomic mass is 35.5. The molecule has 0 unspecified atom stereocenters. The van der Waals surface area contributed by atoms with Crippen LogP contribution in [-0.4, -0.2) is 11.0 Å². The van der Waals surface area contributed by atoms with E-state index in [0.29, 0.717) is 5.56 Å². The lowest BCUT2D eigenvalue weighted by Gasteiger charge is -1.97. The summed E-state index contributed by atoms with van der Waals surface area (Å²) in [4.78, 5) is 23.5. The number of hydrogen-bond acceptors (Lipinski definition) is 3. The van der Waals surface area contributed by atoms with E-state index in [9.17, 15) is 9.59 Å². The molecule has 0 radical (unpaired) electrons. The SMILES string of the molecule is Cc1ccc2sc(C)c(C(=O)C(=O)Cl)c2c1. The van der Waals surface area contributed by atoms with Crippen LogP contribution in [0.4, 0.5) is 0 Å². The molecule has 0 amide bonds. The second kappa shape index (κ2) is 4.00. The fraction of sp³-hybridized carbons (Fsp3) is 0.167. The summed E-state index contributed by atoms with van der Waals surface area (Å²) in [6.07, 6.45) is 0. The van der Waals surface area contributed by atoms with Gasteiger partial charge in [0.15, 0.2) is 0 Å². The Labute approximate surface area is 102 Å². The van der Waals surface area contributed by atoms with E-state index < -0.39 is 11.0 Å². The quantitative estimate of drug-likeness (QED) is 0.466. The summed E-state index contributed by atoms with van der Waals surface area (Å²) >= 11 is 6.75. The minimum atomic E-state index is -0.927. The molecule has 0 spiro atoms. The summed E-state index contributed by atoms with van der Waals surface area (Å²) < 4.78 is 1.00. The zero-order chi connectivity index (χ0) is 11.9. The van der Waals surface area contributed by atoms with Crippen LogP contribution in [0.15, 0.2) is 18.2 Å². The van der Waals surface area contributed by atoms with Crippen LogP contribution >= 0.6 is 22.9 Å². The predicted octanol–water partition coefficient (Wildman–Crippen LogP) is 3.47. The smallest absolute Gasteiger partial charge is 0.284 e. The molecule has 2 aromatic rings. The molecule has 82 valence electrons. The Morgan fingerprint density at radius 2 is 1.94 bits per heavy atom. The van der Waals surface area contributed by atoms with Gasteiger partial charge in [-0.15, -0.1) is 11.3 Å². The van der Waals surface area contributed by atoms with E-state index in [0.717, 1.165) is 20.5 Å². The Hall–Kier alpha value is -1.19. The van der Waals surface area contributed by atoms with Crippen molar-refractivity contribution in [3.63, 3.8) is 0 Å². The summed E-state index contributed by atoms with van der Waals surface area (Å²) in [6, 6.07) is 5.85. The molecule has 1 aromatic carbocycles. The van der Waals surface area contributed by atoms with Crippen molar-refractivity contribution in [2.75, 3.05) is 0 Å². The molecule has 0 bridgehead atoms. The lowest BCUT2D eigenvalue weighted by molar-refractivity contribution is -0.108. The summed E-state index contributed by atoms with van der Waals surface area (Å²) in [6.45, 7) is 3.77. The van der Waals surface area contributed by atoms with Gasteiger partial charge in [0.25, 0.3) is 5.24 Å². The number of hydrogen-bond donors (Lipinski definition) is 0. The highest BCUT2D eigenvalue weighted by Gasteiger charge is 2.21. The van der Waals surface area contributed by atoms with Gasteiger partial charge in [0.05, 0.1) is 0 Å². The van der Waals surface area contributed by atoms with Gasteiger partial charge in [-0.3, -0.25) is 9.59 Å². The molecule has 0 atom stereocenters. The van der Waals surface area contributed by atoms with E-state index in [1.165, 1.54) is 11.3 Å². The van der Waals surface area contributed by atoms with Gasteiger partial charge in [-0.05, 0) is 37.6 Å². The number of carbonyl (C=O) groups excluding carboxylic acids is 2. The van der Waals surface area contributed by atoms with Crippen molar-refractivity contribution < 1.29 is 9.59 Å². The van der Waals surface area contributed by atoms with Crippen LogP contribution in [0.1, 0.15) is 20.8 Å². The highest BCUT2D eigenvalue weighted by molar-refractivity contribution is 7.19. The van der Waals surface area contributed by atoms with Crippen molar-refractivity contribution in [2.45, 2.75) is 13.8 Å². The Bertz CT molecular complexity index is 598. The first kappa shape index (κ1) is 11.3. The number of Topliss-reactive ketones (excluding diaryl/α,β-unsaturated/α-hetero) is 1. The second-order valence-electron chi connectivity index (χ2n) is 3.64. The molecule has 0 N–H and O–H groups in total. The van der Waals surface area contributed by atoms with Crippen molar-refractivity contribution in [2.24, 2.45) is 0 Å². The van der Waals surface area contributed by atoms with Crippen molar-refractivity contribution in [3.05, 3.63) is 34.2 Å². The summed E-state index contributed by atoms with van der Waals surface area (Å²) in [7, 11) is 0. The molecule has 4 heteroatoms. The zero-order valence-electron chi connectivity index (χ0n) is 8.83. The number of ketones is 1. The summed E-state index contributed by atoms with van der Waals surface area (Å²) in [5.74, 6) is -0.615. The molecule has 0 saturated heterocycles. The number of halogens is 1. The maximum absolute atomic E-state index is 11.7. The fourth-order valence-electron chi connectivity index (χ4n) is 1.71. The normalized spacial score (nSPS) is 10.7. The average molecular weight is 253 g/mol. The topological polar surface area (TPSA) is 34.1 Å². The van der Waals surface area contributed by atoms with E-state index in [-0.39, 0.29) is 0 Å². The lowest BCUT2D eigenvalue weighted by atomic mass is 10.1. The third-order valence-corrected chi connectivity index (χ3v) is 3.68. The molecule has 2 rings (SSSR count). The van der Waals surface area contributed by atoms with E-state index in [4.69, 9.17) is 11.6 Å². The largest absolute Gasteiger partial charge is 0.293 e. The monoisotopic (exact) mass is 252 g/mol. The van der Waals surface area contributed by atoms with Crippen LogP contribution in [0.5, 0.6) is 0 Å². The van der Waals surface area contributed by atoms with Crippen LogP contribution in [0.25, 0.3) is 10.1 Å². The number of fused-ring (bicyclic) bond motifs is 1. The molecule has 0 aliphatic carbocycles. The third-order valence-electron chi connectivity index (χ3n) is 2.43. The van der Waals surface area contributed by atoms with E-state index in [1.807, 2.05) is 32.0 Å². The van der Waals surface area contributed by atoms with E-state index in [2.05, 4.69) is 0 Å². The van der Waals surface area contributed by atoms with Crippen molar-refractivity contribution >= 4 is 44.0 Å². The first-order valence-corrected chi connectivity index (χ1v) is 5.94. The molecule has 16 heavy (non-hydrogen) atoms. The molecule has 2 nitrogen and oxygen atoms in total. The molecule has 1 heterocycles. The van der Waals surface area contributed by atoms with Crippen molar-refractivity contribution in [1.82, 2.24) is 0 Å². The van der Waals surface area contributed by atoms with Gasteiger partial charge in [-0.2, -0.15) is 0 Å². The van der Waals surface area contributed by atoms with Crippen LogP contribution in [0.2, 0.25) is 0 Å². The number of benzene rings is 1.